The van der Waals surface area contributed by atoms with Crippen LogP contribution in [0.5, 0.6) is 0 Å². The summed E-state index contributed by atoms with van der Waals surface area (Å²) in [6.45, 7) is 5.84. The van der Waals surface area contributed by atoms with E-state index in [0.29, 0.717) is 17.4 Å². The van der Waals surface area contributed by atoms with Crippen molar-refractivity contribution in [3.05, 3.63) is 0 Å². The molecule has 1 saturated carbocycles. The second-order valence-electron chi connectivity index (χ2n) is 4.94. The maximum Gasteiger partial charge on any atom is 0.0889 e. The summed E-state index contributed by atoms with van der Waals surface area (Å²) < 4.78 is 5.51. The summed E-state index contributed by atoms with van der Waals surface area (Å²) >= 11 is 1.89. The summed E-state index contributed by atoms with van der Waals surface area (Å²) in [5.41, 5.74) is -0.469. The van der Waals surface area contributed by atoms with Crippen LogP contribution in [0.4, 0.5) is 0 Å². The van der Waals surface area contributed by atoms with Crippen LogP contribution in [0.3, 0.4) is 0 Å². The highest BCUT2D eigenvalue weighted by molar-refractivity contribution is 8.00. The largest absolute Gasteiger partial charge is 0.387 e. The molecule has 2 rings (SSSR count). The number of aliphatic hydroxyl groups is 1. The van der Waals surface area contributed by atoms with Crippen LogP contribution in [0.25, 0.3) is 0 Å². The highest BCUT2D eigenvalue weighted by Gasteiger charge is 2.45. The molecule has 1 heterocycles. The van der Waals surface area contributed by atoms with Gasteiger partial charge in [-0.15, -0.1) is 0 Å². The van der Waals surface area contributed by atoms with E-state index < -0.39 is 5.60 Å². The molecule has 4 atom stereocenters. The Morgan fingerprint density at radius 1 is 1.50 bits per heavy atom. The first kappa shape index (κ1) is 12.7. The first-order chi connectivity index (χ1) is 7.65. The van der Waals surface area contributed by atoms with Gasteiger partial charge in [0.05, 0.1) is 11.7 Å². The van der Waals surface area contributed by atoms with Crippen molar-refractivity contribution in [3.63, 3.8) is 0 Å². The van der Waals surface area contributed by atoms with Gasteiger partial charge in [-0.2, -0.15) is 11.8 Å². The van der Waals surface area contributed by atoms with Gasteiger partial charge in [0, 0.05) is 24.4 Å². The Morgan fingerprint density at radius 2 is 2.31 bits per heavy atom. The number of hydrogen-bond donors (Lipinski definition) is 2. The Morgan fingerprint density at radius 3 is 2.81 bits per heavy atom. The van der Waals surface area contributed by atoms with E-state index in [1.807, 2.05) is 11.8 Å². The molecule has 2 aliphatic rings. The van der Waals surface area contributed by atoms with Crippen molar-refractivity contribution in [2.24, 2.45) is 0 Å². The topological polar surface area (TPSA) is 41.5 Å². The molecule has 1 aliphatic carbocycles. The van der Waals surface area contributed by atoms with Crippen LogP contribution in [-0.2, 0) is 4.74 Å². The SMILES string of the molecule is CCSC1CCC1(O)CNC1CCOC1C. The third-order valence-corrected chi connectivity index (χ3v) is 5.26. The minimum absolute atomic E-state index is 0.293. The van der Waals surface area contributed by atoms with E-state index >= 15 is 0 Å². The Balaban J connectivity index is 1.76. The Bertz CT molecular complexity index is 239. The molecule has 4 heteroatoms. The predicted molar refractivity (Wildman–Crippen MR) is 67.9 cm³/mol. The fourth-order valence-corrected chi connectivity index (χ4v) is 3.74. The van der Waals surface area contributed by atoms with Crippen LogP contribution in [0.1, 0.15) is 33.1 Å². The van der Waals surface area contributed by atoms with Crippen molar-refractivity contribution in [2.45, 2.75) is 56.1 Å². The molecule has 0 aromatic carbocycles. The third-order valence-electron chi connectivity index (χ3n) is 3.85. The third kappa shape index (κ3) is 2.55. The van der Waals surface area contributed by atoms with Gasteiger partial charge >= 0.3 is 0 Å². The smallest absolute Gasteiger partial charge is 0.0889 e. The summed E-state index contributed by atoms with van der Waals surface area (Å²) in [7, 11) is 0. The normalized spacial score (nSPS) is 43.3. The highest BCUT2D eigenvalue weighted by Crippen LogP contribution is 2.40. The van der Waals surface area contributed by atoms with Crippen LogP contribution >= 0.6 is 11.8 Å². The lowest BCUT2D eigenvalue weighted by Crippen LogP contribution is -2.58. The molecule has 0 spiro atoms. The Hall–Kier alpha value is 0.230. The second kappa shape index (κ2) is 5.25. The van der Waals surface area contributed by atoms with Gasteiger partial charge in [-0.1, -0.05) is 6.92 Å². The first-order valence-corrected chi connectivity index (χ1v) is 7.39. The summed E-state index contributed by atoms with van der Waals surface area (Å²) in [5, 5.41) is 14.3. The minimum Gasteiger partial charge on any atom is -0.387 e. The average molecular weight is 245 g/mol. The van der Waals surface area contributed by atoms with E-state index in [4.69, 9.17) is 4.74 Å². The molecule has 16 heavy (non-hydrogen) atoms. The van der Waals surface area contributed by atoms with Gasteiger partial charge in [0.25, 0.3) is 0 Å². The Labute approximate surface area is 102 Å². The van der Waals surface area contributed by atoms with Crippen molar-refractivity contribution in [2.75, 3.05) is 18.9 Å². The van der Waals surface area contributed by atoms with Crippen LogP contribution in [0, 0.1) is 0 Å². The van der Waals surface area contributed by atoms with E-state index in [-0.39, 0.29) is 0 Å². The van der Waals surface area contributed by atoms with E-state index in [2.05, 4.69) is 19.2 Å². The molecule has 1 aliphatic heterocycles. The van der Waals surface area contributed by atoms with Gasteiger partial charge in [0.2, 0.25) is 0 Å². The van der Waals surface area contributed by atoms with Crippen LogP contribution in [-0.4, -0.2) is 47.0 Å². The van der Waals surface area contributed by atoms with E-state index in [1.54, 1.807) is 0 Å². The van der Waals surface area contributed by atoms with Crippen LogP contribution < -0.4 is 5.32 Å². The van der Waals surface area contributed by atoms with Gasteiger partial charge in [-0.05, 0) is 31.9 Å². The van der Waals surface area contributed by atoms with Crippen molar-refractivity contribution in [3.8, 4) is 0 Å². The van der Waals surface area contributed by atoms with Crippen LogP contribution in [0.15, 0.2) is 0 Å². The van der Waals surface area contributed by atoms with Crippen molar-refractivity contribution < 1.29 is 9.84 Å². The summed E-state index contributed by atoms with van der Waals surface area (Å²) in [5.74, 6) is 1.09. The zero-order valence-corrected chi connectivity index (χ0v) is 11.1. The lowest BCUT2D eigenvalue weighted by atomic mass is 9.79. The Kier molecular flexibility index (Phi) is 4.16. The predicted octanol–water partition coefficient (Wildman–Crippen LogP) is 1.40. The molecule has 1 saturated heterocycles. The molecular formula is C12H23NO2S. The van der Waals surface area contributed by atoms with Crippen molar-refractivity contribution in [1.82, 2.24) is 5.32 Å². The van der Waals surface area contributed by atoms with Gasteiger partial charge in [0.15, 0.2) is 0 Å². The zero-order valence-electron chi connectivity index (χ0n) is 10.2. The monoisotopic (exact) mass is 245 g/mol. The van der Waals surface area contributed by atoms with Gasteiger partial charge in [-0.3, -0.25) is 0 Å². The molecule has 0 aromatic rings. The summed E-state index contributed by atoms with van der Waals surface area (Å²) in [6.07, 6.45) is 3.47. The van der Waals surface area contributed by atoms with Gasteiger partial charge < -0.3 is 15.2 Å². The fourth-order valence-electron chi connectivity index (χ4n) is 2.54. The average Bonchev–Trinajstić information content (AvgIpc) is 2.67. The van der Waals surface area contributed by atoms with Gasteiger partial charge in [-0.25, -0.2) is 0 Å². The van der Waals surface area contributed by atoms with Crippen molar-refractivity contribution in [1.29, 1.82) is 0 Å². The fraction of sp³-hybridized carbons (Fsp3) is 1.00. The number of ether oxygens (including phenoxy) is 1. The maximum atomic E-state index is 10.4. The first-order valence-electron chi connectivity index (χ1n) is 6.34. The quantitative estimate of drug-likeness (QED) is 0.768. The zero-order chi connectivity index (χ0) is 11.6. The molecule has 0 amide bonds. The molecule has 0 aromatic heterocycles. The molecule has 2 fully saturated rings. The summed E-state index contributed by atoms with van der Waals surface area (Å²) in [4.78, 5) is 0. The standard InChI is InChI=1S/C12H23NO2S/c1-3-16-11-4-6-12(11,14)8-13-10-5-7-15-9(10)2/h9-11,13-14H,3-8H2,1-2H3. The molecule has 3 nitrogen and oxygen atoms in total. The molecule has 2 N–H and O–H groups in total. The lowest BCUT2D eigenvalue weighted by Gasteiger charge is -2.45. The minimum atomic E-state index is -0.469. The van der Waals surface area contributed by atoms with Gasteiger partial charge in [0.1, 0.15) is 0 Å². The van der Waals surface area contributed by atoms with E-state index in [1.165, 1.54) is 0 Å². The molecule has 0 radical (unpaired) electrons. The second-order valence-corrected chi connectivity index (χ2v) is 6.42. The summed E-state index contributed by atoms with van der Waals surface area (Å²) in [6, 6.07) is 0.428. The molecule has 4 unspecified atom stereocenters. The van der Waals surface area contributed by atoms with Crippen LogP contribution in [0.2, 0.25) is 0 Å². The number of nitrogens with one attached hydrogen (secondary N) is 1. The molecular weight excluding hydrogens is 222 g/mol. The molecule has 0 bridgehead atoms. The highest BCUT2D eigenvalue weighted by atomic mass is 32.2. The molecule has 94 valence electrons. The number of thioether (sulfide) groups is 1. The maximum absolute atomic E-state index is 10.4. The van der Waals surface area contributed by atoms with E-state index in [0.717, 1.165) is 38.2 Å². The lowest BCUT2D eigenvalue weighted by molar-refractivity contribution is -0.0268. The number of hydrogen-bond acceptors (Lipinski definition) is 4. The van der Waals surface area contributed by atoms with Crippen molar-refractivity contribution >= 4 is 11.8 Å². The van der Waals surface area contributed by atoms with E-state index in [9.17, 15) is 5.11 Å². The number of rotatable bonds is 5.